The van der Waals surface area contributed by atoms with E-state index < -0.39 is 0 Å². The molecule has 0 atom stereocenters. The van der Waals surface area contributed by atoms with E-state index in [1.807, 2.05) is 6.07 Å². The van der Waals surface area contributed by atoms with E-state index in [0.717, 1.165) is 24.3 Å². The maximum absolute atomic E-state index is 8.85. The van der Waals surface area contributed by atoms with E-state index in [1.54, 1.807) is 12.1 Å². The monoisotopic (exact) mass is 267 g/mol. The lowest BCUT2D eigenvalue weighted by Crippen LogP contribution is -2.27. The number of rotatable bonds is 2. The normalized spacial score (nSPS) is 17.6. The molecule has 18 heavy (non-hydrogen) atoms. The van der Waals surface area contributed by atoms with E-state index >= 15 is 0 Å². The van der Waals surface area contributed by atoms with Crippen molar-refractivity contribution in [1.82, 2.24) is 0 Å². The molecule has 2 rings (SSSR count). The van der Waals surface area contributed by atoms with E-state index in [2.05, 4.69) is 10.1 Å². The number of oxime groups is 1. The van der Waals surface area contributed by atoms with E-state index in [0.29, 0.717) is 5.02 Å². The van der Waals surface area contributed by atoms with Crippen molar-refractivity contribution in [2.24, 2.45) is 10.9 Å². The third kappa shape index (κ3) is 2.88. The molecule has 1 aromatic rings. The molecule has 0 spiro atoms. The Morgan fingerprint density at radius 1 is 1.22 bits per heavy atom. The number of nitrogens with two attached hydrogens (primary N) is 1. The molecule has 0 bridgehead atoms. The van der Waals surface area contributed by atoms with Crippen LogP contribution < -0.4 is 10.6 Å². The molecule has 0 aliphatic carbocycles. The molecule has 3 N–H and O–H groups in total. The first-order chi connectivity index (χ1) is 8.72. The minimum absolute atomic E-state index is 0.130. The van der Waals surface area contributed by atoms with E-state index in [1.165, 1.54) is 25.7 Å². The van der Waals surface area contributed by atoms with Gasteiger partial charge in [-0.05, 0) is 31.0 Å². The van der Waals surface area contributed by atoms with Crippen molar-refractivity contribution in [1.29, 1.82) is 0 Å². The summed E-state index contributed by atoms with van der Waals surface area (Å²) >= 11 is 6.05. The van der Waals surface area contributed by atoms with Crippen LogP contribution in [0.2, 0.25) is 5.02 Å². The molecule has 0 unspecified atom stereocenters. The lowest BCUT2D eigenvalue weighted by atomic mass is 10.1. The third-order valence-corrected chi connectivity index (χ3v) is 3.53. The van der Waals surface area contributed by atoms with Crippen LogP contribution >= 0.6 is 11.6 Å². The quantitative estimate of drug-likeness (QED) is 0.375. The molecular formula is C13H18ClN3O. The Morgan fingerprint density at radius 2 is 1.89 bits per heavy atom. The highest BCUT2D eigenvalue weighted by Gasteiger charge is 2.16. The van der Waals surface area contributed by atoms with Crippen molar-refractivity contribution in [2.45, 2.75) is 25.7 Å². The number of hydrogen-bond donors (Lipinski definition) is 2. The fourth-order valence-electron chi connectivity index (χ4n) is 2.35. The SMILES string of the molecule is N/C(=N/O)c1ccc(Cl)cc1N1CCCCCC1. The smallest absolute Gasteiger partial charge is 0.172 e. The Bertz CT molecular complexity index is 440. The number of nitrogens with zero attached hydrogens (tertiary/aromatic N) is 2. The van der Waals surface area contributed by atoms with Crippen molar-refractivity contribution >= 4 is 23.1 Å². The zero-order valence-corrected chi connectivity index (χ0v) is 11.0. The minimum atomic E-state index is 0.130. The predicted octanol–water partition coefficient (Wildman–Crippen LogP) is 2.81. The second-order valence-electron chi connectivity index (χ2n) is 4.55. The Morgan fingerprint density at radius 3 is 2.50 bits per heavy atom. The molecule has 4 nitrogen and oxygen atoms in total. The maximum Gasteiger partial charge on any atom is 0.172 e. The predicted molar refractivity (Wildman–Crippen MR) is 74.6 cm³/mol. The number of halogens is 1. The van der Waals surface area contributed by atoms with E-state index in [-0.39, 0.29) is 5.84 Å². The summed E-state index contributed by atoms with van der Waals surface area (Å²) in [4.78, 5) is 2.27. The van der Waals surface area contributed by atoms with Gasteiger partial charge in [0, 0.05) is 29.4 Å². The average Bonchev–Trinajstić information content (AvgIpc) is 2.66. The Balaban J connectivity index is 2.37. The highest BCUT2D eigenvalue weighted by molar-refractivity contribution is 6.31. The molecule has 1 heterocycles. The molecule has 0 saturated carbocycles. The second kappa shape index (κ2) is 5.96. The lowest BCUT2D eigenvalue weighted by molar-refractivity contribution is 0.318. The number of benzene rings is 1. The Labute approximate surface area is 112 Å². The molecule has 0 amide bonds. The van der Waals surface area contributed by atoms with Crippen LogP contribution in [0, 0.1) is 0 Å². The van der Waals surface area contributed by atoms with Crippen molar-refractivity contribution in [3.63, 3.8) is 0 Å². The van der Waals surface area contributed by atoms with Crippen LogP contribution in [0.5, 0.6) is 0 Å². The van der Waals surface area contributed by atoms with Gasteiger partial charge in [0.05, 0.1) is 0 Å². The topological polar surface area (TPSA) is 61.9 Å². The summed E-state index contributed by atoms with van der Waals surface area (Å²) < 4.78 is 0. The summed E-state index contributed by atoms with van der Waals surface area (Å²) in [5.41, 5.74) is 7.42. The second-order valence-corrected chi connectivity index (χ2v) is 4.98. The first kappa shape index (κ1) is 13.0. The van der Waals surface area contributed by atoms with Gasteiger partial charge >= 0.3 is 0 Å². The molecule has 0 aromatic heterocycles. The van der Waals surface area contributed by atoms with Gasteiger partial charge in [0.25, 0.3) is 0 Å². The van der Waals surface area contributed by atoms with E-state index in [9.17, 15) is 0 Å². The van der Waals surface area contributed by atoms with Crippen molar-refractivity contribution in [2.75, 3.05) is 18.0 Å². The Kier molecular flexibility index (Phi) is 4.31. The number of amidine groups is 1. The van der Waals surface area contributed by atoms with Gasteiger partial charge in [-0.15, -0.1) is 0 Å². The Hall–Kier alpha value is -1.42. The van der Waals surface area contributed by atoms with Crippen LogP contribution in [-0.2, 0) is 0 Å². The van der Waals surface area contributed by atoms with Crippen LogP contribution in [0.4, 0.5) is 5.69 Å². The van der Waals surface area contributed by atoms with Crippen molar-refractivity contribution in [3.05, 3.63) is 28.8 Å². The molecule has 1 aromatic carbocycles. The standard InChI is InChI=1S/C13H18ClN3O/c14-10-5-6-11(13(15)16-18)12(9-10)17-7-3-1-2-4-8-17/h5-6,9,18H,1-4,7-8H2,(H2,15,16). The molecule has 5 heteroatoms. The largest absolute Gasteiger partial charge is 0.409 e. The summed E-state index contributed by atoms with van der Waals surface area (Å²) in [7, 11) is 0. The van der Waals surface area contributed by atoms with Crippen LogP contribution in [0.15, 0.2) is 23.4 Å². The minimum Gasteiger partial charge on any atom is -0.409 e. The van der Waals surface area contributed by atoms with Crippen LogP contribution in [0.25, 0.3) is 0 Å². The fourth-order valence-corrected chi connectivity index (χ4v) is 2.51. The zero-order chi connectivity index (χ0) is 13.0. The number of anilines is 1. The van der Waals surface area contributed by atoms with Crippen LogP contribution in [0.1, 0.15) is 31.2 Å². The van der Waals surface area contributed by atoms with Gasteiger partial charge in [-0.25, -0.2) is 0 Å². The van der Waals surface area contributed by atoms with E-state index in [4.69, 9.17) is 22.5 Å². The van der Waals surface area contributed by atoms with Gasteiger partial charge in [0.1, 0.15) is 0 Å². The summed E-state index contributed by atoms with van der Waals surface area (Å²) in [6, 6.07) is 5.45. The molecule has 1 aliphatic heterocycles. The maximum atomic E-state index is 8.85. The molecule has 1 saturated heterocycles. The van der Waals surface area contributed by atoms with Crippen molar-refractivity contribution < 1.29 is 5.21 Å². The summed E-state index contributed by atoms with van der Waals surface area (Å²) in [6.45, 7) is 1.98. The molecule has 1 aliphatic rings. The molecule has 0 radical (unpaired) electrons. The van der Waals surface area contributed by atoms with Gasteiger partial charge in [0.2, 0.25) is 0 Å². The highest BCUT2D eigenvalue weighted by Crippen LogP contribution is 2.27. The summed E-state index contributed by atoms with van der Waals surface area (Å²) in [6.07, 6.45) is 4.86. The zero-order valence-electron chi connectivity index (χ0n) is 10.3. The third-order valence-electron chi connectivity index (χ3n) is 3.29. The molecule has 1 fully saturated rings. The highest BCUT2D eigenvalue weighted by atomic mass is 35.5. The molecule has 98 valence electrons. The van der Waals surface area contributed by atoms with Gasteiger partial charge in [-0.1, -0.05) is 29.6 Å². The average molecular weight is 268 g/mol. The number of hydrogen-bond acceptors (Lipinski definition) is 3. The van der Waals surface area contributed by atoms with Crippen LogP contribution in [0.3, 0.4) is 0 Å². The fraction of sp³-hybridized carbons (Fsp3) is 0.462. The molecular weight excluding hydrogens is 250 g/mol. The first-order valence-corrected chi connectivity index (χ1v) is 6.62. The van der Waals surface area contributed by atoms with Gasteiger partial charge in [-0.2, -0.15) is 0 Å². The van der Waals surface area contributed by atoms with Gasteiger partial charge in [-0.3, -0.25) is 0 Å². The first-order valence-electron chi connectivity index (χ1n) is 6.25. The summed E-state index contributed by atoms with van der Waals surface area (Å²) in [5, 5.41) is 12.6. The van der Waals surface area contributed by atoms with Gasteiger partial charge in [0.15, 0.2) is 5.84 Å². The van der Waals surface area contributed by atoms with Gasteiger partial charge < -0.3 is 15.8 Å². The lowest BCUT2D eigenvalue weighted by Gasteiger charge is -2.25. The van der Waals surface area contributed by atoms with Crippen molar-refractivity contribution in [3.8, 4) is 0 Å². The van der Waals surface area contributed by atoms with Crippen LogP contribution in [-0.4, -0.2) is 24.1 Å². The summed E-state index contributed by atoms with van der Waals surface area (Å²) in [5.74, 6) is 0.130.